The Bertz CT molecular complexity index is 615. The van der Waals surface area contributed by atoms with Gasteiger partial charge >= 0.3 is 0 Å². The molecule has 106 valence electrons. The van der Waals surface area contributed by atoms with Crippen LogP contribution in [-0.2, 0) is 10.3 Å². The van der Waals surface area contributed by atoms with Gasteiger partial charge < -0.3 is 15.0 Å². The molecule has 0 spiro atoms. The Balaban J connectivity index is 1.93. The summed E-state index contributed by atoms with van der Waals surface area (Å²) in [6.45, 7) is 4.76. The number of nitrogens with two attached hydrogens (primary N) is 1. The molecular weight excluding hydrogens is 254 g/mol. The third kappa shape index (κ3) is 2.29. The normalized spacial score (nSPS) is 22.9. The molecular formula is C15H19N3O2. The smallest absolute Gasteiger partial charge is 0.258 e. The number of hydrogen-bond acceptors (Lipinski definition) is 5. The van der Waals surface area contributed by atoms with E-state index in [0.29, 0.717) is 11.7 Å². The molecule has 5 nitrogen and oxygen atoms in total. The van der Waals surface area contributed by atoms with Crippen LogP contribution in [0.25, 0.3) is 11.5 Å². The molecule has 2 N–H and O–H groups in total. The van der Waals surface area contributed by atoms with Crippen molar-refractivity contribution in [1.29, 1.82) is 0 Å². The van der Waals surface area contributed by atoms with Gasteiger partial charge in [-0.25, -0.2) is 0 Å². The summed E-state index contributed by atoms with van der Waals surface area (Å²) in [4.78, 5) is 4.52. The van der Waals surface area contributed by atoms with Crippen molar-refractivity contribution < 1.29 is 9.26 Å². The molecule has 2 aromatic rings. The van der Waals surface area contributed by atoms with Crippen molar-refractivity contribution >= 4 is 5.69 Å². The van der Waals surface area contributed by atoms with Crippen LogP contribution in [0.2, 0.25) is 0 Å². The lowest BCUT2D eigenvalue weighted by atomic mass is 9.95. The molecule has 1 saturated heterocycles. The number of aromatic nitrogens is 2. The molecule has 0 bridgehead atoms. The van der Waals surface area contributed by atoms with E-state index < -0.39 is 5.60 Å². The van der Waals surface area contributed by atoms with Crippen LogP contribution in [-0.4, -0.2) is 16.7 Å². The van der Waals surface area contributed by atoms with Crippen molar-refractivity contribution in [2.45, 2.75) is 38.7 Å². The lowest BCUT2D eigenvalue weighted by Crippen LogP contribution is -2.31. The van der Waals surface area contributed by atoms with Gasteiger partial charge in [0.05, 0.1) is 0 Å². The maximum atomic E-state index is 5.85. The Kier molecular flexibility index (Phi) is 3.22. The number of hydrogen-bond donors (Lipinski definition) is 1. The van der Waals surface area contributed by atoms with Crippen LogP contribution < -0.4 is 5.73 Å². The molecule has 1 fully saturated rings. The number of benzene rings is 1. The van der Waals surface area contributed by atoms with E-state index in [1.165, 1.54) is 0 Å². The molecule has 3 rings (SSSR count). The Labute approximate surface area is 118 Å². The van der Waals surface area contributed by atoms with E-state index in [4.69, 9.17) is 15.0 Å². The van der Waals surface area contributed by atoms with Crippen molar-refractivity contribution in [3.8, 4) is 11.5 Å². The van der Waals surface area contributed by atoms with Gasteiger partial charge in [-0.15, -0.1) is 0 Å². The van der Waals surface area contributed by atoms with Crippen LogP contribution in [0.5, 0.6) is 0 Å². The topological polar surface area (TPSA) is 74.2 Å². The monoisotopic (exact) mass is 273 g/mol. The van der Waals surface area contributed by atoms with E-state index in [1.54, 1.807) is 0 Å². The van der Waals surface area contributed by atoms with Crippen LogP contribution in [0, 0.1) is 6.92 Å². The highest BCUT2D eigenvalue weighted by atomic mass is 16.5. The van der Waals surface area contributed by atoms with Gasteiger partial charge in [0, 0.05) is 17.9 Å². The molecule has 0 amide bonds. The van der Waals surface area contributed by atoms with E-state index in [-0.39, 0.29) is 0 Å². The van der Waals surface area contributed by atoms with Gasteiger partial charge in [-0.3, -0.25) is 0 Å². The zero-order chi connectivity index (χ0) is 14.2. The first-order valence-electron chi connectivity index (χ1n) is 6.93. The van der Waals surface area contributed by atoms with Crippen molar-refractivity contribution in [2.75, 3.05) is 12.3 Å². The summed E-state index contributed by atoms with van der Waals surface area (Å²) >= 11 is 0. The third-order valence-electron chi connectivity index (χ3n) is 3.85. The average molecular weight is 273 g/mol. The number of ether oxygens (including phenoxy) is 1. The van der Waals surface area contributed by atoms with Gasteiger partial charge in [0.1, 0.15) is 5.60 Å². The summed E-state index contributed by atoms with van der Waals surface area (Å²) in [5, 5.41) is 4.11. The lowest BCUT2D eigenvalue weighted by Gasteiger charge is -2.30. The standard InChI is InChI=1S/C15H19N3O2/c1-10-9-11(16)5-6-12(10)13-17-14(18-20-13)15(2)7-3-4-8-19-15/h5-6,9H,3-4,7-8,16H2,1-2H3. The van der Waals surface area contributed by atoms with Crippen molar-refractivity contribution in [2.24, 2.45) is 0 Å². The Morgan fingerprint density at radius 3 is 2.85 bits per heavy atom. The molecule has 20 heavy (non-hydrogen) atoms. The second kappa shape index (κ2) is 4.90. The van der Waals surface area contributed by atoms with Gasteiger partial charge in [-0.1, -0.05) is 5.16 Å². The molecule has 0 radical (unpaired) electrons. The molecule has 1 aliphatic rings. The molecule has 1 aromatic carbocycles. The number of aryl methyl sites for hydroxylation is 1. The molecule has 1 aromatic heterocycles. The summed E-state index contributed by atoms with van der Waals surface area (Å²) in [6, 6.07) is 5.65. The van der Waals surface area contributed by atoms with Gasteiger partial charge in [-0.05, 0) is 56.9 Å². The second-order valence-electron chi connectivity index (χ2n) is 5.53. The molecule has 1 atom stereocenters. The van der Waals surface area contributed by atoms with Crippen molar-refractivity contribution in [1.82, 2.24) is 10.1 Å². The minimum atomic E-state index is -0.429. The van der Waals surface area contributed by atoms with Crippen LogP contribution >= 0.6 is 0 Å². The SMILES string of the molecule is Cc1cc(N)ccc1-c1nc(C2(C)CCCCO2)no1. The maximum Gasteiger partial charge on any atom is 0.258 e. The van der Waals surface area contributed by atoms with E-state index in [9.17, 15) is 0 Å². The number of anilines is 1. The third-order valence-corrected chi connectivity index (χ3v) is 3.85. The molecule has 1 unspecified atom stereocenters. The van der Waals surface area contributed by atoms with Gasteiger partial charge in [0.15, 0.2) is 0 Å². The Hall–Kier alpha value is -1.88. The summed E-state index contributed by atoms with van der Waals surface area (Å²) < 4.78 is 11.3. The first-order chi connectivity index (χ1) is 9.58. The fraction of sp³-hybridized carbons (Fsp3) is 0.467. The molecule has 0 saturated carbocycles. The number of nitrogen functional groups attached to an aromatic ring is 1. The lowest BCUT2D eigenvalue weighted by molar-refractivity contribution is -0.0770. The zero-order valence-corrected chi connectivity index (χ0v) is 11.8. The van der Waals surface area contributed by atoms with Crippen LogP contribution in [0.4, 0.5) is 5.69 Å². The highest BCUT2D eigenvalue weighted by Gasteiger charge is 2.35. The van der Waals surface area contributed by atoms with Gasteiger partial charge in [0.25, 0.3) is 5.89 Å². The fourth-order valence-corrected chi connectivity index (χ4v) is 2.58. The van der Waals surface area contributed by atoms with Gasteiger partial charge in [-0.2, -0.15) is 4.98 Å². The molecule has 0 aliphatic carbocycles. The van der Waals surface area contributed by atoms with E-state index >= 15 is 0 Å². The molecule has 5 heteroatoms. The van der Waals surface area contributed by atoms with Crippen molar-refractivity contribution in [3.63, 3.8) is 0 Å². The summed E-state index contributed by atoms with van der Waals surface area (Å²) in [5.74, 6) is 1.15. The fourth-order valence-electron chi connectivity index (χ4n) is 2.58. The minimum absolute atomic E-state index is 0.429. The predicted molar refractivity (Wildman–Crippen MR) is 76.0 cm³/mol. The first kappa shape index (κ1) is 13.1. The highest BCUT2D eigenvalue weighted by molar-refractivity contribution is 5.62. The van der Waals surface area contributed by atoms with Crippen LogP contribution in [0.3, 0.4) is 0 Å². The molecule has 2 heterocycles. The highest BCUT2D eigenvalue weighted by Crippen LogP contribution is 2.34. The first-order valence-corrected chi connectivity index (χ1v) is 6.93. The van der Waals surface area contributed by atoms with Crippen LogP contribution in [0.15, 0.2) is 22.7 Å². The summed E-state index contributed by atoms with van der Waals surface area (Å²) in [5.41, 5.74) is 8.00. The second-order valence-corrected chi connectivity index (χ2v) is 5.53. The summed E-state index contributed by atoms with van der Waals surface area (Å²) in [6.07, 6.45) is 3.14. The van der Waals surface area contributed by atoms with E-state index in [1.807, 2.05) is 32.0 Å². The predicted octanol–water partition coefficient (Wildman–Crippen LogP) is 3.04. The van der Waals surface area contributed by atoms with E-state index in [2.05, 4.69) is 10.1 Å². The number of rotatable bonds is 2. The number of nitrogens with zero attached hydrogens (tertiary/aromatic N) is 2. The summed E-state index contributed by atoms with van der Waals surface area (Å²) in [7, 11) is 0. The van der Waals surface area contributed by atoms with Crippen molar-refractivity contribution in [3.05, 3.63) is 29.6 Å². The maximum absolute atomic E-state index is 5.85. The van der Waals surface area contributed by atoms with E-state index in [0.717, 1.165) is 42.7 Å². The van der Waals surface area contributed by atoms with Gasteiger partial charge in [0.2, 0.25) is 5.82 Å². The quantitative estimate of drug-likeness (QED) is 0.851. The Morgan fingerprint density at radius 2 is 2.15 bits per heavy atom. The minimum Gasteiger partial charge on any atom is -0.399 e. The largest absolute Gasteiger partial charge is 0.399 e. The van der Waals surface area contributed by atoms with Crippen LogP contribution in [0.1, 0.15) is 37.6 Å². The zero-order valence-electron chi connectivity index (χ0n) is 11.8. The molecule has 1 aliphatic heterocycles. The Morgan fingerprint density at radius 1 is 1.30 bits per heavy atom. The average Bonchev–Trinajstić information content (AvgIpc) is 2.90.